The van der Waals surface area contributed by atoms with Gasteiger partial charge in [0, 0.05) is 18.0 Å². The number of aromatic nitrogens is 3. The Kier molecular flexibility index (Phi) is 5.21. The van der Waals surface area contributed by atoms with Gasteiger partial charge in [-0.25, -0.2) is 9.67 Å². The SMILES string of the molecule is COc1ccccc1CCNC(=O)c1cc2cnn(C(C)C)c2nc1C. The van der Waals surface area contributed by atoms with Crippen LogP contribution >= 0.6 is 0 Å². The highest BCUT2D eigenvalue weighted by atomic mass is 16.5. The minimum absolute atomic E-state index is 0.121. The second-order valence-electron chi connectivity index (χ2n) is 6.53. The number of aryl methyl sites for hydroxylation is 1. The van der Waals surface area contributed by atoms with Gasteiger partial charge in [0.1, 0.15) is 5.75 Å². The van der Waals surface area contributed by atoms with E-state index in [0.29, 0.717) is 24.2 Å². The summed E-state index contributed by atoms with van der Waals surface area (Å²) in [5.74, 6) is 0.714. The maximum Gasteiger partial charge on any atom is 0.253 e. The molecule has 0 bridgehead atoms. The normalized spacial score (nSPS) is 11.1. The molecule has 0 aliphatic carbocycles. The quantitative estimate of drug-likeness (QED) is 0.739. The van der Waals surface area contributed by atoms with E-state index in [2.05, 4.69) is 29.2 Å². The molecule has 6 heteroatoms. The second-order valence-corrected chi connectivity index (χ2v) is 6.53. The Hall–Kier alpha value is -2.89. The van der Waals surface area contributed by atoms with Crippen molar-refractivity contribution in [2.45, 2.75) is 33.2 Å². The zero-order chi connectivity index (χ0) is 18.7. The van der Waals surface area contributed by atoms with Crippen LogP contribution in [0.25, 0.3) is 11.0 Å². The van der Waals surface area contributed by atoms with Crippen LogP contribution in [0, 0.1) is 6.92 Å². The highest BCUT2D eigenvalue weighted by Gasteiger charge is 2.15. The smallest absolute Gasteiger partial charge is 0.253 e. The topological polar surface area (TPSA) is 69.0 Å². The molecule has 1 amide bonds. The molecule has 0 spiro atoms. The number of methoxy groups -OCH3 is 1. The van der Waals surface area contributed by atoms with Gasteiger partial charge in [-0.3, -0.25) is 4.79 Å². The van der Waals surface area contributed by atoms with Crippen molar-refractivity contribution in [3.05, 3.63) is 53.3 Å². The van der Waals surface area contributed by atoms with Gasteiger partial charge in [-0.1, -0.05) is 18.2 Å². The summed E-state index contributed by atoms with van der Waals surface area (Å²) in [6, 6.07) is 9.91. The highest BCUT2D eigenvalue weighted by Crippen LogP contribution is 2.20. The van der Waals surface area contributed by atoms with E-state index < -0.39 is 0 Å². The van der Waals surface area contributed by atoms with Gasteiger partial charge in [0.25, 0.3) is 5.91 Å². The predicted molar refractivity (Wildman–Crippen MR) is 102 cm³/mol. The average molecular weight is 352 g/mol. The number of para-hydroxylation sites is 1. The van der Waals surface area contributed by atoms with Crippen LogP contribution in [0.1, 0.15) is 41.5 Å². The van der Waals surface area contributed by atoms with E-state index in [1.165, 1.54) is 0 Å². The first-order chi connectivity index (χ1) is 12.5. The fraction of sp³-hybridized carbons (Fsp3) is 0.350. The molecule has 0 saturated carbocycles. The standard InChI is InChI=1S/C20H24N4O2/c1-13(2)24-19-16(12-22-24)11-17(14(3)23-19)20(25)21-10-9-15-7-5-6-8-18(15)26-4/h5-8,11-13H,9-10H2,1-4H3,(H,21,25). The number of hydrogen-bond acceptors (Lipinski definition) is 4. The molecule has 6 nitrogen and oxygen atoms in total. The molecule has 0 atom stereocenters. The van der Waals surface area contributed by atoms with Crippen molar-refractivity contribution < 1.29 is 9.53 Å². The van der Waals surface area contributed by atoms with Crippen LogP contribution in [0.2, 0.25) is 0 Å². The molecule has 0 aliphatic rings. The molecule has 26 heavy (non-hydrogen) atoms. The van der Waals surface area contributed by atoms with Gasteiger partial charge in [-0.2, -0.15) is 5.10 Å². The lowest BCUT2D eigenvalue weighted by atomic mass is 10.1. The maximum atomic E-state index is 12.6. The molecular formula is C20H24N4O2. The molecular weight excluding hydrogens is 328 g/mol. The van der Waals surface area contributed by atoms with Crippen LogP contribution in [0.3, 0.4) is 0 Å². The molecule has 3 aromatic rings. The molecule has 2 heterocycles. The van der Waals surface area contributed by atoms with Crippen molar-refractivity contribution in [2.24, 2.45) is 0 Å². The lowest BCUT2D eigenvalue weighted by Gasteiger charge is -2.11. The van der Waals surface area contributed by atoms with Crippen LogP contribution in [-0.4, -0.2) is 34.3 Å². The molecule has 0 fully saturated rings. The van der Waals surface area contributed by atoms with Gasteiger partial charge >= 0.3 is 0 Å². The lowest BCUT2D eigenvalue weighted by molar-refractivity contribution is 0.0953. The average Bonchev–Trinajstić information content (AvgIpc) is 3.04. The summed E-state index contributed by atoms with van der Waals surface area (Å²) in [6.07, 6.45) is 2.46. The molecule has 1 N–H and O–H groups in total. The first-order valence-electron chi connectivity index (χ1n) is 8.76. The Morgan fingerprint density at radius 1 is 1.31 bits per heavy atom. The predicted octanol–water partition coefficient (Wildman–Crippen LogP) is 3.30. The van der Waals surface area contributed by atoms with Gasteiger partial charge in [0.2, 0.25) is 0 Å². The largest absolute Gasteiger partial charge is 0.496 e. The monoisotopic (exact) mass is 352 g/mol. The van der Waals surface area contributed by atoms with Gasteiger partial charge in [-0.05, 0) is 44.9 Å². The van der Waals surface area contributed by atoms with E-state index in [0.717, 1.165) is 22.3 Å². The zero-order valence-corrected chi connectivity index (χ0v) is 15.6. The van der Waals surface area contributed by atoms with Crippen molar-refractivity contribution in [3.8, 4) is 5.75 Å². The fourth-order valence-corrected chi connectivity index (χ4v) is 2.99. The van der Waals surface area contributed by atoms with E-state index in [1.54, 1.807) is 13.3 Å². The van der Waals surface area contributed by atoms with Gasteiger partial charge in [0.05, 0.1) is 24.6 Å². The van der Waals surface area contributed by atoms with Gasteiger partial charge in [0.15, 0.2) is 5.65 Å². The highest BCUT2D eigenvalue weighted by molar-refractivity contribution is 5.98. The first kappa shape index (κ1) is 17.9. The third-order valence-electron chi connectivity index (χ3n) is 4.37. The molecule has 2 aromatic heterocycles. The van der Waals surface area contributed by atoms with E-state index in [-0.39, 0.29) is 11.9 Å². The number of carbonyl (C=O) groups is 1. The number of nitrogens with one attached hydrogen (secondary N) is 1. The number of pyridine rings is 1. The van der Waals surface area contributed by atoms with E-state index in [1.807, 2.05) is 41.9 Å². The van der Waals surface area contributed by atoms with Crippen molar-refractivity contribution in [1.29, 1.82) is 0 Å². The number of fused-ring (bicyclic) bond motifs is 1. The van der Waals surface area contributed by atoms with Crippen molar-refractivity contribution >= 4 is 16.9 Å². The summed E-state index contributed by atoms with van der Waals surface area (Å²) in [6.45, 7) is 6.50. The number of amides is 1. The summed E-state index contributed by atoms with van der Waals surface area (Å²) < 4.78 is 7.21. The van der Waals surface area contributed by atoms with Crippen molar-refractivity contribution in [1.82, 2.24) is 20.1 Å². The number of nitrogens with zero attached hydrogens (tertiary/aromatic N) is 3. The molecule has 136 valence electrons. The summed E-state index contributed by atoms with van der Waals surface area (Å²) >= 11 is 0. The van der Waals surface area contributed by atoms with Gasteiger partial charge in [-0.15, -0.1) is 0 Å². The molecule has 0 radical (unpaired) electrons. The summed E-state index contributed by atoms with van der Waals surface area (Å²) in [4.78, 5) is 17.2. The Morgan fingerprint density at radius 2 is 2.08 bits per heavy atom. The third kappa shape index (κ3) is 3.54. The molecule has 0 unspecified atom stereocenters. The second kappa shape index (κ2) is 7.56. The maximum absolute atomic E-state index is 12.6. The third-order valence-corrected chi connectivity index (χ3v) is 4.37. The van der Waals surface area contributed by atoms with Crippen molar-refractivity contribution in [3.63, 3.8) is 0 Å². The Labute approximate surface area is 153 Å². The number of ether oxygens (including phenoxy) is 1. The Morgan fingerprint density at radius 3 is 2.81 bits per heavy atom. The number of benzene rings is 1. The number of hydrogen-bond donors (Lipinski definition) is 1. The number of rotatable bonds is 6. The summed E-state index contributed by atoms with van der Waals surface area (Å²) in [5.41, 5.74) is 3.16. The minimum atomic E-state index is -0.121. The number of carbonyl (C=O) groups excluding carboxylic acids is 1. The van der Waals surface area contributed by atoms with E-state index in [4.69, 9.17) is 4.74 Å². The van der Waals surface area contributed by atoms with Crippen LogP contribution < -0.4 is 10.1 Å². The van der Waals surface area contributed by atoms with E-state index >= 15 is 0 Å². The van der Waals surface area contributed by atoms with Crippen LogP contribution in [0.4, 0.5) is 0 Å². The molecule has 0 saturated heterocycles. The van der Waals surface area contributed by atoms with E-state index in [9.17, 15) is 4.79 Å². The zero-order valence-electron chi connectivity index (χ0n) is 15.6. The van der Waals surface area contributed by atoms with Gasteiger partial charge < -0.3 is 10.1 Å². The van der Waals surface area contributed by atoms with Crippen LogP contribution in [-0.2, 0) is 6.42 Å². The van der Waals surface area contributed by atoms with Crippen molar-refractivity contribution in [2.75, 3.05) is 13.7 Å². The summed E-state index contributed by atoms with van der Waals surface area (Å²) in [5, 5.41) is 8.21. The fourth-order valence-electron chi connectivity index (χ4n) is 2.99. The lowest BCUT2D eigenvalue weighted by Crippen LogP contribution is -2.26. The first-order valence-corrected chi connectivity index (χ1v) is 8.76. The molecule has 0 aliphatic heterocycles. The minimum Gasteiger partial charge on any atom is -0.496 e. The Bertz CT molecular complexity index is 931. The Balaban J connectivity index is 1.72. The summed E-state index contributed by atoms with van der Waals surface area (Å²) in [7, 11) is 1.65. The van der Waals surface area contributed by atoms with Crippen LogP contribution in [0.5, 0.6) is 5.75 Å². The molecule has 1 aromatic carbocycles. The van der Waals surface area contributed by atoms with Crippen LogP contribution in [0.15, 0.2) is 36.5 Å². The molecule has 3 rings (SSSR count).